The van der Waals surface area contributed by atoms with Gasteiger partial charge in [0.2, 0.25) is 0 Å². The van der Waals surface area contributed by atoms with Crippen molar-refractivity contribution < 1.29 is 0 Å². The Balaban J connectivity index is 2.34. The van der Waals surface area contributed by atoms with Crippen LogP contribution in [0.15, 0.2) is 41.3 Å². The molecule has 4 nitrogen and oxygen atoms in total. The van der Waals surface area contributed by atoms with E-state index < -0.39 is 0 Å². The molecule has 0 aliphatic carbocycles. The van der Waals surface area contributed by atoms with Gasteiger partial charge in [0.15, 0.2) is 0 Å². The van der Waals surface area contributed by atoms with Gasteiger partial charge in [0.1, 0.15) is 0 Å². The average molecular weight is 293 g/mol. The molecule has 0 atom stereocenters. The molecule has 4 heteroatoms. The molecule has 0 radical (unpaired) electrons. The number of nitrogens with two attached hydrogens (primary N) is 1. The second-order valence-electron chi connectivity index (χ2n) is 5.58. The van der Waals surface area contributed by atoms with Gasteiger partial charge in [-0.3, -0.25) is 9.78 Å². The molecule has 0 aliphatic heterocycles. The van der Waals surface area contributed by atoms with E-state index in [1.807, 2.05) is 43.5 Å². The Bertz CT molecular complexity index is 925. The molecule has 0 amide bonds. The minimum Gasteiger partial charge on any atom is -0.399 e. The lowest BCUT2D eigenvalue weighted by atomic mass is 9.99. The Morgan fingerprint density at radius 3 is 2.68 bits per heavy atom. The number of fused-ring (bicyclic) bond motifs is 1. The van der Waals surface area contributed by atoms with Gasteiger partial charge < -0.3 is 10.3 Å². The maximum Gasteiger partial charge on any atom is 0.258 e. The third kappa shape index (κ3) is 2.26. The Labute approximate surface area is 129 Å². The highest BCUT2D eigenvalue weighted by atomic mass is 16.1. The number of nitrogens with zero attached hydrogens (tertiary/aromatic N) is 2. The second kappa shape index (κ2) is 5.30. The summed E-state index contributed by atoms with van der Waals surface area (Å²) in [7, 11) is 1.80. The van der Waals surface area contributed by atoms with Crippen molar-refractivity contribution in [1.82, 2.24) is 9.55 Å². The fraction of sp³-hybridized carbons (Fsp3) is 0.222. The van der Waals surface area contributed by atoms with Gasteiger partial charge in [0.25, 0.3) is 5.56 Å². The fourth-order valence-corrected chi connectivity index (χ4v) is 2.72. The third-order valence-corrected chi connectivity index (χ3v) is 4.08. The first-order valence-corrected chi connectivity index (χ1v) is 7.36. The first-order chi connectivity index (χ1) is 10.5. The van der Waals surface area contributed by atoms with Crippen LogP contribution in [-0.4, -0.2) is 9.55 Å². The van der Waals surface area contributed by atoms with Crippen molar-refractivity contribution in [3.05, 3.63) is 58.1 Å². The minimum absolute atomic E-state index is 0.0190. The summed E-state index contributed by atoms with van der Waals surface area (Å²) in [5, 5.41) is 0.955. The first-order valence-electron chi connectivity index (χ1n) is 7.36. The molecule has 2 aromatic heterocycles. The van der Waals surface area contributed by atoms with Crippen LogP contribution in [0.3, 0.4) is 0 Å². The quantitative estimate of drug-likeness (QED) is 0.739. The van der Waals surface area contributed by atoms with Crippen molar-refractivity contribution in [3.8, 4) is 11.1 Å². The molecule has 22 heavy (non-hydrogen) atoms. The molecule has 3 aromatic rings. The van der Waals surface area contributed by atoms with Crippen LogP contribution >= 0.6 is 0 Å². The van der Waals surface area contributed by atoms with E-state index in [0.717, 1.165) is 34.1 Å². The van der Waals surface area contributed by atoms with Gasteiger partial charge in [0.05, 0.1) is 5.52 Å². The molecule has 2 heterocycles. The number of pyridine rings is 2. The summed E-state index contributed by atoms with van der Waals surface area (Å²) < 4.78 is 1.69. The topological polar surface area (TPSA) is 60.9 Å². The number of hydrogen-bond acceptors (Lipinski definition) is 3. The molecule has 1 aromatic carbocycles. The molecular formula is C18H19N3O. The van der Waals surface area contributed by atoms with Crippen LogP contribution in [0.1, 0.15) is 18.2 Å². The zero-order chi connectivity index (χ0) is 15.9. The summed E-state index contributed by atoms with van der Waals surface area (Å²) in [6.45, 7) is 4.04. The van der Waals surface area contributed by atoms with Gasteiger partial charge in [-0.2, -0.15) is 0 Å². The van der Waals surface area contributed by atoms with Crippen LogP contribution in [0.25, 0.3) is 22.0 Å². The lowest BCUT2D eigenvalue weighted by Gasteiger charge is -2.12. The normalized spacial score (nSPS) is 11.0. The second-order valence-corrected chi connectivity index (χ2v) is 5.58. The Morgan fingerprint density at radius 1 is 1.18 bits per heavy atom. The Morgan fingerprint density at radius 2 is 1.95 bits per heavy atom. The van der Waals surface area contributed by atoms with Gasteiger partial charge in [0, 0.05) is 35.6 Å². The summed E-state index contributed by atoms with van der Waals surface area (Å²) in [5.74, 6) is 0. The van der Waals surface area contributed by atoms with E-state index in [1.165, 1.54) is 0 Å². The summed E-state index contributed by atoms with van der Waals surface area (Å²) in [6.07, 6.45) is 2.68. The fourth-order valence-electron chi connectivity index (χ4n) is 2.72. The van der Waals surface area contributed by atoms with Crippen molar-refractivity contribution in [1.29, 1.82) is 0 Å². The predicted molar refractivity (Wildman–Crippen MR) is 90.9 cm³/mol. The van der Waals surface area contributed by atoms with Crippen molar-refractivity contribution in [2.24, 2.45) is 7.05 Å². The number of benzene rings is 1. The number of rotatable bonds is 2. The largest absolute Gasteiger partial charge is 0.399 e. The molecular weight excluding hydrogens is 274 g/mol. The van der Waals surface area contributed by atoms with Crippen molar-refractivity contribution in [2.45, 2.75) is 20.3 Å². The maximum atomic E-state index is 12.7. The predicted octanol–water partition coefficient (Wildman–Crippen LogP) is 3.05. The maximum absolute atomic E-state index is 12.7. The van der Waals surface area contributed by atoms with Crippen molar-refractivity contribution >= 4 is 16.6 Å². The van der Waals surface area contributed by atoms with E-state index in [-0.39, 0.29) is 5.56 Å². The molecule has 0 spiro atoms. The standard InChI is InChI=1S/C18H19N3O/c1-4-14-9-17-12(10-20-14)7-16(18(22)21(17)3)15-8-13(19)6-5-11(15)2/h5-10H,4,19H2,1-3H3. The Hall–Kier alpha value is -2.62. The lowest BCUT2D eigenvalue weighted by molar-refractivity contribution is 0.902. The SMILES string of the molecule is CCc1cc2c(cn1)cc(-c1cc(N)ccc1C)c(=O)n2C. The van der Waals surface area contributed by atoms with Crippen LogP contribution in [0, 0.1) is 6.92 Å². The molecule has 0 unspecified atom stereocenters. The number of aromatic nitrogens is 2. The molecule has 0 bridgehead atoms. The first kappa shape index (κ1) is 14.3. The number of anilines is 1. The summed E-state index contributed by atoms with van der Waals surface area (Å²) in [6, 6.07) is 9.52. The summed E-state index contributed by atoms with van der Waals surface area (Å²) in [4.78, 5) is 17.2. The molecule has 3 rings (SSSR count). The Kier molecular flexibility index (Phi) is 3.45. The van der Waals surface area contributed by atoms with E-state index in [9.17, 15) is 4.79 Å². The van der Waals surface area contributed by atoms with Crippen LogP contribution in [-0.2, 0) is 13.5 Å². The summed E-state index contributed by atoms with van der Waals surface area (Å²) in [5.41, 5.74) is 11.0. The smallest absolute Gasteiger partial charge is 0.258 e. The molecule has 0 fully saturated rings. The summed E-state index contributed by atoms with van der Waals surface area (Å²) >= 11 is 0. The molecule has 0 aliphatic rings. The minimum atomic E-state index is -0.0190. The van der Waals surface area contributed by atoms with Gasteiger partial charge in [-0.1, -0.05) is 13.0 Å². The zero-order valence-corrected chi connectivity index (χ0v) is 13.1. The van der Waals surface area contributed by atoms with Crippen molar-refractivity contribution in [3.63, 3.8) is 0 Å². The third-order valence-electron chi connectivity index (χ3n) is 4.08. The number of nitrogen functional groups attached to an aromatic ring is 1. The zero-order valence-electron chi connectivity index (χ0n) is 13.1. The van der Waals surface area contributed by atoms with Crippen LogP contribution in [0.4, 0.5) is 5.69 Å². The van der Waals surface area contributed by atoms with E-state index in [4.69, 9.17) is 5.73 Å². The van der Waals surface area contributed by atoms with E-state index in [1.54, 1.807) is 11.6 Å². The van der Waals surface area contributed by atoms with Crippen LogP contribution in [0.5, 0.6) is 0 Å². The van der Waals surface area contributed by atoms with Crippen LogP contribution in [0.2, 0.25) is 0 Å². The average Bonchev–Trinajstić information content (AvgIpc) is 2.53. The highest BCUT2D eigenvalue weighted by molar-refractivity contribution is 5.84. The van der Waals surface area contributed by atoms with Crippen LogP contribution < -0.4 is 11.3 Å². The van der Waals surface area contributed by atoms with Gasteiger partial charge in [-0.25, -0.2) is 0 Å². The highest BCUT2D eigenvalue weighted by Crippen LogP contribution is 2.25. The molecule has 0 saturated heterocycles. The van der Waals surface area contributed by atoms with E-state index >= 15 is 0 Å². The number of aryl methyl sites for hydroxylation is 3. The van der Waals surface area contributed by atoms with E-state index in [0.29, 0.717) is 11.3 Å². The van der Waals surface area contributed by atoms with Gasteiger partial charge >= 0.3 is 0 Å². The highest BCUT2D eigenvalue weighted by Gasteiger charge is 2.12. The van der Waals surface area contributed by atoms with Gasteiger partial charge in [-0.05, 0) is 48.7 Å². The molecule has 112 valence electrons. The van der Waals surface area contributed by atoms with Crippen molar-refractivity contribution in [2.75, 3.05) is 5.73 Å². The molecule has 2 N–H and O–H groups in total. The van der Waals surface area contributed by atoms with Gasteiger partial charge in [-0.15, -0.1) is 0 Å². The van der Waals surface area contributed by atoms with E-state index in [2.05, 4.69) is 11.9 Å². The monoisotopic (exact) mass is 293 g/mol. The number of hydrogen-bond donors (Lipinski definition) is 1. The molecule has 0 saturated carbocycles. The lowest BCUT2D eigenvalue weighted by Crippen LogP contribution is -2.19.